The summed E-state index contributed by atoms with van der Waals surface area (Å²) in [6.07, 6.45) is 16.2. The molecule has 1 unspecified atom stereocenters. The second-order valence-corrected chi connectivity index (χ2v) is 34.7. The van der Waals surface area contributed by atoms with Crippen LogP contribution in [0.15, 0.2) is 29.5 Å². The van der Waals surface area contributed by atoms with Crippen LogP contribution in [0.1, 0.15) is 65.2 Å². The van der Waals surface area contributed by atoms with Gasteiger partial charge in [0, 0.05) is 30.8 Å². The van der Waals surface area contributed by atoms with Crippen LogP contribution in [0.3, 0.4) is 0 Å². The van der Waals surface area contributed by atoms with Crippen LogP contribution in [-0.4, -0.2) is 69.9 Å². The molecule has 262 valence electrons. The van der Waals surface area contributed by atoms with E-state index in [-0.39, 0.29) is 35.6 Å². The Balaban J connectivity index is 3.17. The third-order valence-electron chi connectivity index (χ3n) is 7.22. The number of carbonyl (C=O) groups excluding carboxylic acids is 1. The summed E-state index contributed by atoms with van der Waals surface area (Å²) in [6.45, 7) is 30.9. The SMILES string of the molecule is CO/N=C1\C[C@@H](O[Si](C)(C)C)[C@H](/C=C/[C@](C)(CCCC(C)O[Si](C)(C)C)O[Si](C)(C)C)[C@H]1C/C=C/CCCC(=O)O[Si](C)(C)C. The number of nitrogens with zero attached hydrogens (tertiary/aromatic N) is 1. The molecule has 0 aromatic heterocycles. The Bertz CT molecular complexity index is 991. The van der Waals surface area contributed by atoms with Crippen molar-refractivity contribution in [3.8, 4) is 0 Å². The molecule has 0 aliphatic heterocycles. The third-order valence-corrected chi connectivity index (χ3v) is 11.3. The Kier molecular flexibility index (Phi) is 16.9. The van der Waals surface area contributed by atoms with Crippen molar-refractivity contribution in [2.45, 2.75) is 162 Å². The predicted octanol–water partition coefficient (Wildman–Crippen LogP) is 9.92. The predicted molar refractivity (Wildman–Crippen MR) is 201 cm³/mol. The smallest absolute Gasteiger partial charge is 0.292 e. The minimum atomic E-state index is -1.84. The molecule has 1 rings (SSSR count). The summed E-state index contributed by atoms with van der Waals surface area (Å²) in [5.74, 6) is 0.267. The van der Waals surface area contributed by atoms with Gasteiger partial charge in [-0.25, -0.2) is 0 Å². The monoisotopic (exact) mass is 699 g/mol. The number of carbonyl (C=O) groups is 1. The second kappa shape index (κ2) is 18.1. The van der Waals surface area contributed by atoms with Gasteiger partial charge in [-0.15, -0.1) is 0 Å². The van der Waals surface area contributed by atoms with Gasteiger partial charge in [-0.2, -0.15) is 0 Å². The van der Waals surface area contributed by atoms with Crippen LogP contribution >= 0.6 is 0 Å². The molecule has 7 nitrogen and oxygen atoms in total. The Morgan fingerprint density at radius 2 is 1.58 bits per heavy atom. The molecular weight excluding hydrogens is 631 g/mol. The normalized spacial score (nSPS) is 23.2. The van der Waals surface area contributed by atoms with Crippen LogP contribution in [0.25, 0.3) is 0 Å². The van der Waals surface area contributed by atoms with Crippen LogP contribution in [0, 0.1) is 11.8 Å². The zero-order valence-corrected chi connectivity index (χ0v) is 35.7. The molecule has 0 spiro atoms. The van der Waals surface area contributed by atoms with Crippen LogP contribution < -0.4 is 0 Å². The molecule has 1 aliphatic carbocycles. The summed E-state index contributed by atoms with van der Waals surface area (Å²) < 4.78 is 25.6. The highest BCUT2D eigenvalue weighted by atomic mass is 28.4. The van der Waals surface area contributed by atoms with Gasteiger partial charge < -0.3 is 22.5 Å². The topological polar surface area (TPSA) is 75.6 Å². The Morgan fingerprint density at radius 1 is 0.933 bits per heavy atom. The van der Waals surface area contributed by atoms with Gasteiger partial charge in [0.05, 0.1) is 17.4 Å². The standard InChI is InChI=1S/C34H69NO6Si4/c1-28(38-42(4,5)6)21-20-25-34(2,41-45(13,14)15)26-24-30-29(31(35-37-3)27-32(30)39-43(7,8)9)22-18-16-17-19-23-33(36)40-44(10,11)12/h16,18,24,26,28-30,32H,17,19-23,25,27H2,1-15H3/b18-16+,26-24+,35-31+/t28?,29-,30-,32-,34+/m1/s1. The van der Waals surface area contributed by atoms with Crippen LogP contribution in [0.4, 0.5) is 0 Å². The maximum absolute atomic E-state index is 12.1. The zero-order chi connectivity index (χ0) is 34.7. The summed E-state index contributed by atoms with van der Waals surface area (Å²) in [6, 6.07) is 0. The summed E-state index contributed by atoms with van der Waals surface area (Å²) >= 11 is 0. The molecule has 1 saturated carbocycles. The molecule has 11 heteroatoms. The van der Waals surface area contributed by atoms with Crippen molar-refractivity contribution in [2.75, 3.05) is 7.11 Å². The highest BCUT2D eigenvalue weighted by Gasteiger charge is 2.42. The first-order valence-corrected chi connectivity index (χ1v) is 30.8. The lowest BCUT2D eigenvalue weighted by molar-refractivity contribution is -0.135. The van der Waals surface area contributed by atoms with Gasteiger partial charge in [0.2, 0.25) is 8.32 Å². The first kappa shape index (κ1) is 42.2. The number of hydrogen-bond acceptors (Lipinski definition) is 7. The summed E-state index contributed by atoms with van der Waals surface area (Å²) in [7, 11) is -5.41. The van der Waals surface area contributed by atoms with E-state index in [1.54, 1.807) is 7.11 Å². The second-order valence-electron chi connectivity index (χ2n) is 16.9. The van der Waals surface area contributed by atoms with E-state index in [4.69, 9.17) is 22.5 Å². The molecule has 0 N–H and O–H groups in total. The quantitative estimate of drug-likeness (QED) is 0.0545. The molecule has 1 fully saturated rings. The Morgan fingerprint density at radius 3 is 2.11 bits per heavy atom. The first-order valence-electron chi connectivity index (χ1n) is 17.1. The van der Waals surface area contributed by atoms with E-state index in [0.29, 0.717) is 6.42 Å². The fraction of sp³-hybridized carbons (Fsp3) is 0.824. The largest absolute Gasteiger partial charge is 0.520 e. The van der Waals surface area contributed by atoms with Crippen LogP contribution in [0.5, 0.6) is 0 Å². The lowest BCUT2D eigenvalue weighted by Gasteiger charge is -2.35. The zero-order valence-electron chi connectivity index (χ0n) is 31.7. The Labute approximate surface area is 281 Å². The fourth-order valence-electron chi connectivity index (χ4n) is 6.03. The molecule has 0 aromatic rings. The van der Waals surface area contributed by atoms with Gasteiger partial charge in [-0.1, -0.05) is 29.5 Å². The van der Waals surface area contributed by atoms with E-state index in [1.165, 1.54) is 0 Å². The van der Waals surface area contributed by atoms with Gasteiger partial charge in [0.1, 0.15) is 7.11 Å². The van der Waals surface area contributed by atoms with Gasteiger partial charge in [-0.3, -0.25) is 4.79 Å². The highest BCUT2D eigenvalue weighted by molar-refractivity contribution is 6.71. The maximum Gasteiger partial charge on any atom is 0.292 e. The first-order chi connectivity index (χ1) is 20.4. The lowest BCUT2D eigenvalue weighted by atomic mass is 9.88. The number of unbranched alkanes of at least 4 members (excludes halogenated alkanes) is 1. The van der Waals surface area contributed by atoms with E-state index < -0.39 is 33.3 Å². The van der Waals surface area contributed by atoms with Crippen molar-refractivity contribution in [3.05, 3.63) is 24.3 Å². The van der Waals surface area contributed by atoms with E-state index >= 15 is 0 Å². The minimum Gasteiger partial charge on any atom is -0.520 e. The molecular formula is C34H69NO6Si4. The van der Waals surface area contributed by atoms with Crippen LogP contribution in [0.2, 0.25) is 78.6 Å². The van der Waals surface area contributed by atoms with Crippen molar-refractivity contribution >= 4 is 45.0 Å². The molecule has 0 aromatic carbocycles. The van der Waals surface area contributed by atoms with Gasteiger partial charge in [0.15, 0.2) is 25.0 Å². The van der Waals surface area contributed by atoms with Crippen molar-refractivity contribution in [3.63, 3.8) is 0 Å². The number of hydrogen-bond donors (Lipinski definition) is 0. The van der Waals surface area contributed by atoms with Crippen molar-refractivity contribution in [1.29, 1.82) is 0 Å². The number of rotatable bonds is 20. The number of oxime groups is 1. The maximum atomic E-state index is 12.1. The lowest BCUT2D eigenvalue weighted by Crippen LogP contribution is -2.40. The molecule has 0 radical (unpaired) electrons. The summed E-state index contributed by atoms with van der Waals surface area (Å²) in [5, 5.41) is 4.50. The molecule has 1 aliphatic rings. The highest BCUT2D eigenvalue weighted by Crippen LogP contribution is 2.39. The van der Waals surface area contributed by atoms with E-state index in [0.717, 1.165) is 50.7 Å². The molecule has 0 heterocycles. The molecule has 0 amide bonds. The van der Waals surface area contributed by atoms with E-state index in [1.807, 2.05) is 19.6 Å². The van der Waals surface area contributed by atoms with Gasteiger partial charge in [0.25, 0.3) is 5.97 Å². The van der Waals surface area contributed by atoms with Gasteiger partial charge >= 0.3 is 0 Å². The number of allylic oxidation sites excluding steroid dienone is 2. The summed E-state index contributed by atoms with van der Waals surface area (Å²) in [5.41, 5.74) is 0.697. The third kappa shape index (κ3) is 19.6. The average Bonchev–Trinajstić information content (AvgIpc) is 3.10. The van der Waals surface area contributed by atoms with Crippen molar-refractivity contribution in [2.24, 2.45) is 17.0 Å². The fourth-order valence-corrected chi connectivity index (χ4v) is 10.9. The average molecular weight is 700 g/mol. The van der Waals surface area contributed by atoms with Crippen LogP contribution in [-0.2, 0) is 27.3 Å². The van der Waals surface area contributed by atoms with E-state index in [2.05, 4.69) is 102 Å². The minimum absolute atomic E-state index is 0.0536. The van der Waals surface area contributed by atoms with Gasteiger partial charge in [-0.05, 0) is 131 Å². The van der Waals surface area contributed by atoms with E-state index in [9.17, 15) is 4.79 Å². The molecule has 0 bridgehead atoms. The Hall–Kier alpha value is -0.832. The van der Waals surface area contributed by atoms with Crippen molar-refractivity contribution in [1.82, 2.24) is 0 Å². The molecule has 0 saturated heterocycles. The molecule has 45 heavy (non-hydrogen) atoms. The molecule has 5 atom stereocenters. The summed E-state index contributed by atoms with van der Waals surface area (Å²) in [4.78, 5) is 17.5. The van der Waals surface area contributed by atoms with Crippen molar-refractivity contribution < 1.29 is 27.3 Å².